The lowest BCUT2D eigenvalue weighted by atomic mass is 10.1. The Bertz CT molecular complexity index is 771. The summed E-state index contributed by atoms with van der Waals surface area (Å²) >= 11 is 0. The van der Waals surface area contributed by atoms with E-state index in [1.54, 1.807) is 25.1 Å². The first-order valence-electron chi connectivity index (χ1n) is 8.11. The van der Waals surface area contributed by atoms with Gasteiger partial charge in [-0.3, -0.25) is 4.79 Å². The lowest BCUT2D eigenvalue weighted by molar-refractivity contribution is -0.139. The Morgan fingerprint density at radius 3 is 2.58 bits per heavy atom. The highest BCUT2D eigenvalue weighted by Gasteiger charge is 2.12. The molecule has 0 saturated heterocycles. The van der Waals surface area contributed by atoms with Crippen molar-refractivity contribution in [2.45, 2.75) is 13.5 Å². The smallest absolute Gasteiger partial charge is 0.354 e. The SMILES string of the molecule is CCOC(=O)/C(=C/c1ccc(OCc2ccccc2)cc1OC)NC=O. The number of hydrogen-bond donors (Lipinski definition) is 1. The maximum absolute atomic E-state index is 11.9. The maximum atomic E-state index is 11.9. The van der Waals surface area contributed by atoms with Gasteiger partial charge in [0.25, 0.3) is 0 Å². The zero-order valence-electron chi connectivity index (χ0n) is 14.7. The molecular formula is C20H21NO5. The van der Waals surface area contributed by atoms with Crippen LogP contribution in [0, 0.1) is 0 Å². The van der Waals surface area contributed by atoms with Crippen LogP contribution in [-0.4, -0.2) is 26.1 Å². The first-order chi connectivity index (χ1) is 12.7. The van der Waals surface area contributed by atoms with E-state index in [0.29, 0.717) is 30.1 Å². The molecule has 0 unspecified atom stereocenters. The van der Waals surface area contributed by atoms with Crippen molar-refractivity contribution in [3.8, 4) is 11.5 Å². The number of carbonyl (C=O) groups is 2. The molecule has 6 nitrogen and oxygen atoms in total. The van der Waals surface area contributed by atoms with Gasteiger partial charge in [-0.25, -0.2) is 4.79 Å². The maximum Gasteiger partial charge on any atom is 0.354 e. The third-order valence-corrected chi connectivity index (χ3v) is 3.46. The van der Waals surface area contributed by atoms with E-state index < -0.39 is 5.97 Å². The molecule has 0 fully saturated rings. The van der Waals surface area contributed by atoms with Crippen molar-refractivity contribution in [3.05, 3.63) is 65.4 Å². The van der Waals surface area contributed by atoms with Crippen LogP contribution in [0.15, 0.2) is 54.2 Å². The van der Waals surface area contributed by atoms with Crippen LogP contribution in [-0.2, 0) is 20.9 Å². The normalized spacial score (nSPS) is 10.8. The second-order valence-corrected chi connectivity index (χ2v) is 5.22. The minimum atomic E-state index is -0.619. The Balaban J connectivity index is 2.19. The van der Waals surface area contributed by atoms with Crippen molar-refractivity contribution >= 4 is 18.5 Å². The molecular weight excluding hydrogens is 334 g/mol. The fourth-order valence-electron chi connectivity index (χ4n) is 2.23. The number of ether oxygens (including phenoxy) is 3. The lowest BCUT2D eigenvalue weighted by Gasteiger charge is -2.11. The minimum Gasteiger partial charge on any atom is -0.496 e. The van der Waals surface area contributed by atoms with E-state index in [1.165, 1.54) is 13.2 Å². The van der Waals surface area contributed by atoms with E-state index in [0.717, 1.165) is 5.56 Å². The molecule has 2 aromatic carbocycles. The Morgan fingerprint density at radius 2 is 1.92 bits per heavy atom. The van der Waals surface area contributed by atoms with Crippen molar-refractivity contribution in [1.29, 1.82) is 0 Å². The van der Waals surface area contributed by atoms with Crippen LogP contribution in [0.5, 0.6) is 11.5 Å². The number of benzene rings is 2. The summed E-state index contributed by atoms with van der Waals surface area (Å²) in [4.78, 5) is 22.6. The van der Waals surface area contributed by atoms with Crippen LogP contribution < -0.4 is 14.8 Å². The van der Waals surface area contributed by atoms with E-state index >= 15 is 0 Å². The van der Waals surface area contributed by atoms with E-state index in [4.69, 9.17) is 14.2 Å². The zero-order valence-corrected chi connectivity index (χ0v) is 14.7. The molecule has 0 aromatic heterocycles. The summed E-state index contributed by atoms with van der Waals surface area (Å²) in [7, 11) is 1.52. The number of carbonyl (C=O) groups excluding carboxylic acids is 2. The van der Waals surface area contributed by atoms with Gasteiger partial charge in [0.2, 0.25) is 6.41 Å². The molecule has 1 amide bonds. The number of amides is 1. The predicted molar refractivity (Wildman–Crippen MR) is 97.6 cm³/mol. The quantitative estimate of drug-likeness (QED) is 0.425. The van der Waals surface area contributed by atoms with Gasteiger partial charge >= 0.3 is 5.97 Å². The average Bonchev–Trinajstić information content (AvgIpc) is 2.67. The highest BCUT2D eigenvalue weighted by molar-refractivity contribution is 5.95. The van der Waals surface area contributed by atoms with Crippen LogP contribution in [0.2, 0.25) is 0 Å². The molecule has 0 spiro atoms. The van der Waals surface area contributed by atoms with Crippen molar-refractivity contribution in [1.82, 2.24) is 5.32 Å². The van der Waals surface area contributed by atoms with Crippen molar-refractivity contribution < 1.29 is 23.8 Å². The molecule has 2 rings (SSSR count). The van der Waals surface area contributed by atoms with Gasteiger partial charge in [0.1, 0.15) is 23.8 Å². The predicted octanol–water partition coefficient (Wildman–Crippen LogP) is 2.92. The van der Waals surface area contributed by atoms with Gasteiger partial charge in [0.15, 0.2) is 0 Å². The summed E-state index contributed by atoms with van der Waals surface area (Å²) in [5.74, 6) is 0.514. The first-order valence-corrected chi connectivity index (χ1v) is 8.11. The van der Waals surface area contributed by atoms with Crippen LogP contribution in [0.1, 0.15) is 18.1 Å². The molecule has 136 valence electrons. The summed E-state index contributed by atoms with van der Waals surface area (Å²) in [5.41, 5.74) is 1.69. The monoisotopic (exact) mass is 355 g/mol. The molecule has 6 heteroatoms. The second-order valence-electron chi connectivity index (χ2n) is 5.22. The zero-order chi connectivity index (χ0) is 18.8. The van der Waals surface area contributed by atoms with Crippen molar-refractivity contribution in [2.24, 2.45) is 0 Å². The minimum absolute atomic E-state index is 0.0260. The number of rotatable bonds is 9. The molecule has 0 radical (unpaired) electrons. The third-order valence-electron chi connectivity index (χ3n) is 3.46. The van der Waals surface area contributed by atoms with E-state index in [9.17, 15) is 9.59 Å². The van der Waals surface area contributed by atoms with E-state index in [-0.39, 0.29) is 12.3 Å². The summed E-state index contributed by atoms with van der Waals surface area (Å²) in [5, 5.41) is 2.35. The van der Waals surface area contributed by atoms with Gasteiger partial charge in [-0.2, -0.15) is 0 Å². The number of nitrogens with one attached hydrogen (secondary N) is 1. The average molecular weight is 355 g/mol. The molecule has 1 N–H and O–H groups in total. The van der Waals surface area contributed by atoms with Crippen molar-refractivity contribution in [3.63, 3.8) is 0 Å². The summed E-state index contributed by atoms with van der Waals surface area (Å²) in [6.45, 7) is 2.33. The van der Waals surface area contributed by atoms with Gasteiger partial charge in [0.05, 0.1) is 13.7 Å². The molecule has 0 atom stereocenters. The molecule has 0 bridgehead atoms. The van der Waals surface area contributed by atoms with Gasteiger partial charge < -0.3 is 19.5 Å². The molecule has 0 aliphatic rings. The highest BCUT2D eigenvalue weighted by Crippen LogP contribution is 2.27. The molecule has 26 heavy (non-hydrogen) atoms. The lowest BCUT2D eigenvalue weighted by Crippen LogP contribution is -2.20. The van der Waals surface area contributed by atoms with Crippen LogP contribution in [0.3, 0.4) is 0 Å². The largest absolute Gasteiger partial charge is 0.496 e. The van der Waals surface area contributed by atoms with Crippen molar-refractivity contribution in [2.75, 3.05) is 13.7 Å². The first kappa shape index (κ1) is 19.1. The fraction of sp³-hybridized carbons (Fsp3) is 0.200. The second kappa shape index (κ2) is 9.88. The molecule has 0 aliphatic heterocycles. The van der Waals surface area contributed by atoms with Crippen LogP contribution in [0.4, 0.5) is 0 Å². The summed E-state index contributed by atoms with van der Waals surface area (Å²) in [6.07, 6.45) is 1.92. The Morgan fingerprint density at radius 1 is 1.15 bits per heavy atom. The number of methoxy groups -OCH3 is 1. The van der Waals surface area contributed by atoms with Gasteiger partial charge in [-0.15, -0.1) is 0 Å². The van der Waals surface area contributed by atoms with E-state index in [2.05, 4.69) is 5.32 Å². The van der Waals surface area contributed by atoms with Gasteiger partial charge in [-0.05, 0) is 30.7 Å². The topological polar surface area (TPSA) is 73.9 Å². The van der Waals surface area contributed by atoms with Gasteiger partial charge in [-0.1, -0.05) is 30.3 Å². The Labute approximate surface area is 152 Å². The number of esters is 1. The molecule has 2 aromatic rings. The fourth-order valence-corrected chi connectivity index (χ4v) is 2.23. The molecule has 0 saturated carbocycles. The summed E-state index contributed by atoms with van der Waals surface area (Å²) in [6, 6.07) is 15.0. The third kappa shape index (κ3) is 5.37. The number of hydrogen-bond acceptors (Lipinski definition) is 5. The molecule has 0 aliphatic carbocycles. The highest BCUT2D eigenvalue weighted by atomic mass is 16.5. The summed E-state index contributed by atoms with van der Waals surface area (Å²) < 4.78 is 16.0. The van der Waals surface area contributed by atoms with Crippen LogP contribution >= 0.6 is 0 Å². The molecule has 0 heterocycles. The Kier molecular flexibility index (Phi) is 7.24. The van der Waals surface area contributed by atoms with Gasteiger partial charge in [0, 0.05) is 11.6 Å². The van der Waals surface area contributed by atoms with Crippen LogP contribution in [0.25, 0.3) is 6.08 Å². The standard InChI is InChI=1S/C20H21NO5/c1-3-25-20(23)18(21-14-22)11-16-9-10-17(12-19(16)24-2)26-13-15-7-5-4-6-8-15/h4-12,14H,3,13H2,1-2H3,(H,21,22)/b18-11-. The Hall–Kier alpha value is -3.28. The van der Waals surface area contributed by atoms with E-state index in [1.807, 2.05) is 30.3 Å².